The number of hydrogen-bond acceptors (Lipinski definition) is 3. The van der Waals surface area contributed by atoms with E-state index in [4.69, 9.17) is 18.0 Å². The third kappa shape index (κ3) is 5.08. The first-order valence-electron chi connectivity index (χ1n) is 7.36. The standard InChI is InChI=1S/C16H27N3S/c1-5-6-7-9-16(3,4)11-19-15-13(14(17)20)12(2)8-10-18-15/h8,10H,5-7,9,11H2,1-4H3,(H2,17,20)(H,18,19). The maximum Gasteiger partial charge on any atom is 0.136 e. The molecule has 0 aromatic carbocycles. The first-order valence-corrected chi connectivity index (χ1v) is 7.77. The molecule has 0 bridgehead atoms. The lowest BCUT2D eigenvalue weighted by Gasteiger charge is -2.26. The highest BCUT2D eigenvalue weighted by Gasteiger charge is 2.18. The number of pyridine rings is 1. The van der Waals surface area contributed by atoms with Gasteiger partial charge in [-0.2, -0.15) is 0 Å². The third-order valence-electron chi connectivity index (χ3n) is 3.60. The molecule has 20 heavy (non-hydrogen) atoms. The largest absolute Gasteiger partial charge is 0.389 e. The second-order valence-corrected chi connectivity index (χ2v) is 6.63. The van der Waals surface area contributed by atoms with Gasteiger partial charge < -0.3 is 11.1 Å². The molecular formula is C16H27N3S. The van der Waals surface area contributed by atoms with E-state index in [2.05, 4.69) is 31.1 Å². The first kappa shape index (κ1) is 16.9. The molecule has 1 aromatic rings. The monoisotopic (exact) mass is 293 g/mol. The molecule has 0 radical (unpaired) electrons. The van der Waals surface area contributed by atoms with Crippen molar-refractivity contribution in [2.75, 3.05) is 11.9 Å². The van der Waals surface area contributed by atoms with E-state index < -0.39 is 0 Å². The van der Waals surface area contributed by atoms with Crippen LogP contribution in [0.15, 0.2) is 12.3 Å². The predicted octanol–water partition coefficient (Wildman–Crippen LogP) is 4.04. The average Bonchev–Trinajstić information content (AvgIpc) is 2.36. The van der Waals surface area contributed by atoms with Gasteiger partial charge >= 0.3 is 0 Å². The fraction of sp³-hybridized carbons (Fsp3) is 0.625. The Bertz CT molecular complexity index is 455. The molecular weight excluding hydrogens is 266 g/mol. The van der Waals surface area contributed by atoms with Gasteiger partial charge in [0.25, 0.3) is 0 Å². The third-order valence-corrected chi connectivity index (χ3v) is 3.80. The molecule has 1 heterocycles. The van der Waals surface area contributed by atoms with E-state index in [1.165, 1.54) is 25.7 Å². The number of nitrogens with one attached hydrogen (secondary N) is 1. The van der Waals surface area contributed by atoms with Crippen molar-refractivity contribution in [2.24, 2.45) is 11.1 Å². The summed E-state index contributed by atoms with van der Waals surface area (Å²) in [5.41, 5.74) is 7.98. The Balaban J connectivity index is 2.70. The van der Waals surface area contributed by atoms with Crippen LogP contribution < -0.4 is 11.1 Å². The predicted molar refractivity (Wildman–Crippen MR) is 91.3 cm³/mol. The Kier molecular flexibility index (Phi) is 6.40. The quantitative estimate of drug-likeness (QED) is 0.561. The van der Waals surface area contributed by atoms with Crippen LogP contribution in [-0.4, -0.2) is 16.5 Å². The minimum atomic E-state index is 0.244. The molecule has 3 N–H and O–H groups in total. The van der Waals surface area contributed by atoms with E-state index in [0.29, 0.717) is 4.99 Å². The minimum absolute atomic E-state index is 0.244. The number of nitrogens with two attached hydrogens (primary N) is 1. The van der Waals surface area contributed by atoms with Crippen molar-refractivity contribution in [1.82, 2.24) is 4.98 Å². The molecule has 0 atom stereocenters. The van der Waals surface area contributed by atoms with Gasteiger partial charge in [0, 0.05) is 12.7 Å². The van der Waals surface area contributed by atoms with Crippen LogP contribution in [0.3, 0.4) is 0 Å². The van der Waals surface area contributed by atoms with Crippen LogP contribution in [0.25, 0.3) is 0 Å². The number of thiocarbonyl (C=S) groups is 1. The number of rotatable bonds is 8. The highest BCUT2D eigenvalue weighted by atomic mass is 32.1. The summed E-state index contributed by atoms with van der Waals surface area (Å²) < 4.78 is 0. The van der Waals surface area contributed by atoms with Gasteiger partial charge in [-0.15, -0.1) is 0 Å². The molecule has 0 saturated carbocycles. The Labute approximate surface area is 128 Å². The van der Waals surface area contributed by atoms with Crippen molar-refractivity contribution in [3.05, 3.63) is 23.4 Å². The molecule has 3 nitrogen and oxygen atoms in total. The van der Waals surface area contributed by atoms with Crippen LogP contribution in [0.4, 0.5) is 5.82 Å². The number of aryl methyl sites for hydroxylation is 1. The smallest absolute Gasteiger partial charge is 0.136 e. The van der Waals surface area contributed by atoms with Crippen LogP contribution in [0.2, 0.25) is 0 Å². The van der Waals surface area contributed by atoms with Crippen LogP contribution in [0, 0.1) is 12.3 Å². The molecule has 0 aliphatic heterocycles. The van der Waals surface area contributed by atoms with Crippen molar-refractivity contribution >= 4 is 23.0 Å². The fourth-order valence-electron chi connectivity index (χ4n) is 2.27. The van der Waals surface area contributed by atoms with Gasteiger partial charge in [0.15, 0.2) is 0 Å². The van der Waals surface area contributed by atoms with Crippen LogP contribution >= 0.6 is 12.2 Å². The van der Waals surface area contributed by atoms with E-state index in [1.54, 1.807) is 6.20 Å². The summed E-state index contributed by atoms with van der Waals surface area (Å²) in [6, 6.07) is 1.94. The molecule has 4 heteroatoms. The van der Waals surface area contributed by atoms with Gasteiger partial charge in [0.2, 0.25) is 0 Å². The Morgan fingerprint density at radius 2 is 2.10 bits per heavy atom. The van der Waals surface area contributed by atoms with Gasteiger partial charge in [-0.3, -0.25) is 0 Å². The molecule has 0 aliphatic carbocycles. The number of anilines is 1. The minimum Gasteiger partial charge on any atom is -0.389 e. The summed E-state index contributed by atoms with van der Waals surface area (Å²) in [4.78, 5) is 4.79. The van der Waals surface area contributed by atoms with Crippen molar-refractivity contribution in [1.29, 1.82) is 0 Å². The van der Waals surface area contributed by atoms with E-state index in [9.17, 15) is 0 Å². The van der Waals surface area contributed by atoms with Crippen molar-refractivity contribution < 1.29 is 0 Å². The number of aromatic nitrogens is 1. The summed E-state index contributed by atoms with van der Waals surface area (Å²) in [5, 5.41) is 3.42. The maximum absolute atomic E-state index is 5.80. The Morgan fingerprint density at radius 3 is 2.70 bits per heavy atom. The molecule has 0 saturated heterocycles. The molecule has 1 rings (SSSR count). The topological polar surface area (TPSA) is 50.9 Å². The normalized spacial score (nSPS) is 11.4. The lowest BCUT2D eigenvalue weighted by atomic mass is 9.87. The average molecular weight is 293 g/mol. The van der Waals surface area contributed by atoms with Crippen molar-refractivity contribution in [3.63, 3.8) is 0 Å². The number of hydrogen-bond donors (Lipinski definition) is 2. The summed E-state index contributed by atoms with van der Waals surface area (Å²) >= 11 is 5.13. The molecule has 1 aromatic heterocycles. The van der Waals surface area contributed by atoms with Gasteiger partial charge in [-0.25, -0.2) is 4.98 Å². The van der Waals surface area contributed by atoms with E-state index in [0.717, 1.165) is 23.5 Å². The lowest BCUT2D eigenvalue weighted by molar-refractivity contribution is 0.342. The number of nitrogens with zero attached hydrogens (tertiary/aromatic N) is 1. The molecule has 0 amide bonds. The Hall–Kier alpha value is -1.16. The molecule has 0 spiro atoms. The zero-order valence-corrected chi connectivity index (χ0v) is 13.9. The Morgan fingerprint density at radius 1 is 1.40 bits per heavy atom. The van der Waals surface area contributed by atoms with Gasteiger partial charge in [-0.05, 0) is 30.4 Å². The second kappa shape index (κ2) is 7.58. The highest BCUT2D eigenvalue weighted by molar-refractivity contribution is 7.80. The molecule has 0 unspecified atom stereocenters. The summed E-state index contributed by atoms with van der Waals surface area (Å²) in [5.74, 6) is 0.807. The van der Waals surface area contributed by atoms with E-state index in [-0.39, 0.29) is 5.41 Å². The van der Waals surface area contributed by atoms with Crippen molar-refractivity contribution in [2.45, 2.75) is 53.4 Å². The SMILES string of the molecule is CCCCCC(C)(C)CNc1nccc(C)c1C(N)=S. The second-order valence-electron chi connectivity index (χ2n) is 6.19. The van der Waals surface area contributed by atoms with Crippen LogP contribution in [0.1, 0.15) is 57.6 Å². The summed E-state index contributed by atoms with van der Waals surface area (Å²) in [6.07, 6.45) is 6.83. The molecule has 0 fully saturated rings. The zero-order valence-electron chi connectivity index (χ0n) is 13.1. The van der Waals surface area contributed by atoms with Gasteiger partial charge in [-0.1, -0.05) is 52.3 Å². The zero-order chi connectivity index (χ0) is 15.2. The summed E-state index contributed by atoms with van der Waals surface area (Å²) in [6.45, 7) is 9.69. The maximum atomic E-state index is 5.80. The summed E-state index contributed by atoms with van der Waals surface area (Å²) in [7, 11) is 0. The number of unbranched alkanes of at least 4 members (excludes halogenated alkanes) is 2. The van der Waals surface area contributed by atoms with E-state index >= 15 is 0 Å². The fourth-order valence-corrected chi connectivity index (χ4v) is 2.53. The van der Waals surface area contributed by atoms with Gasteiger partial charge in [0.05, 0.1) is 5.56 Å². The molecule has 112 valence electrons. The highest BCUT2D eigenvalue weighted by Crippen LogP contribution is 2.25. The van der Waals surface area contributed by atoms with Crippen LogP contribution in [0.5, 0.6) is 0 Å². The van der Waals surface area contributed by atoms with E-state index in [1.807, 2.05) is 13.0 Å². The van der Waals surface area contributed by atoms with Crippen molar-refractivity contribution in [3.8, 4) is 0 Å². The molecule has 0 aliphatic rings. The van der Waals surface area contributed by atoms with Crippen LogP contribution in [-0.2, 0) is 0 Å². The lowest BCUT2D eigenvalue weighted by Crippen LogP contribution is -2.25. The first-order chi connectivity index (χ1) is 9.37. The van der Waals surface area contributed by atoms with Gasteiger partial charge in [0.1, 0.15) is 10.8 Å².